The predicted octanol–water partition coefficient (Wildman–Crippen LogP) is 2.05. The highest BCUT2D eigenvalue weighted by Crippen LogP contribution is 2.32. The third-order valence-corrected chi connectivity index (χ3v) is 3.23. The quantitative estimate of drug-likeness (QED) is 0.830. The van der Waals surface area contributed by atoms with Gasteiger partial charge in [0.15, 0.2) is 0 Å². The zero-order valence-corrected chi connectivity index (χ0v) is 10.8. The van der Waals surface area contributed by atoms with Crippen LogP contribution in [0.1, 0.15) is 31.4 Å². The van der Waals surface area contributed by atoms with Gasteiger partial charge < -0.3 is 9.47 Å². The number of para-hydroxylation sites is 1. The second-order valence-corrected chi connectivity index (χ2v) is 4.34. The van der Waals surface area contributed by atoms with E-state index in [-0.39, 0.29) is 18.1 Å². The fraction of sp³-hybridized carbons (Fsp3) is 0.500. The first-order chi connectivity index (χ1) is 8.76. The standard InChI is InChI=1S/C14H19NO3/c1-3-18-14(16)12-9-8-11(15-12)10-6-4-5-7-13(10)17-2/h4-7,11-12,15H,3,8-9H2,1-2H3/t11-,12+/m1/s1. The van der Waals surface area contributed by atoms with Gasteiger partial charge in [0.2, 0.25) is 0 Å². The maximum Gasteiger partial charge on any atom is 0.323 e. The summed E-state index contributed by atoms with van der Waals surface area (Å²) in [5, 5.41) is 3.31. The summed E-state index contributed by atoms with van der Waals surface area (Å²) in [6.45, 7) is 2.25. The summed E-state index contributed by atoms with van der Waals surface area (Å²) in [6.07, 6.45) is 1.73. The van der Waals surface area contributed by atoms with E-state index < -0.39 is 0 Å². The van der Waals surface area contributed by atoms with Gasteiger partial charge >= 0.3 is 5.97 Å². The molecule has 0 radical (unpaired) electrons. The molecule has 1 heterocycles. The molecule has 1 aromatic rings. The van der Waals surface area contributed by atoms with Crippen LogP contribution in [-0.4, -0.2) is 25.7 Å². The number of rotatable bonds is 4. The van der Waals surface area contributed by atoms with E-state index in [1.165, 1.54) is 0 Å². The lowest BCUT2D eigenvalue weighted by Crippen LogP contribution is -2.33. The van der Waals surface area contributed by atoms with Crippen LogP contribution in [0, 0.1) is 0 Å². The highest BCUT2D eigenvalue weighted by Gasteiger charge is 2.31. The zero-order chi connectivity index (χ0) is 13.0. The minimum Gasteiger partial charge on any atom is -0.496 e. The first-order valence-electron chi connectivity index (χ1n) is 6.31. The van der Waals surface area contributed by atoms with Gasteiger partial charge in [0, 0.05) is 11.6 Å². The molecular formula is C14H19NO3. The monoisotopic (exact) mass is 249 g/mol. The number of methoxy groups -OCH3 is 1. The van der Waals surface area contributed by atoms with Gasteiger partial charge in [-0.05, 0) is 25.8 Å². The van der Waals surface area contributed by atoms with Gasteiger partial charge in [0.25, 0.3) is 0 Å². The number of hydrogen-bond donors (Lipinski definition) is 1. The Morgan fingerprint density at radius 1 is 1.39 bits per heavy atom. The minimum atomic E-state index is -0.195. The molecule has 18 heavy (non-hydrogen) atoms. The number of benzene rings is 1. The molecule has 1 fully saturated rings. The van der Waals surface area contributed by atoms with Crippen LogP contribution in [0.5, 0.6) is 5.75 Å². The van der Waals surface area contributed by atoms with Crippen molar-refractivity contribution in [2.45, 2.75) is 31.8 Å². The van der Waals surface area contributed by atoms with Crippen molar-refractivity contribution < 1.29 is 14.3 Å². The lowest BCUT2D eigenvalue weighted by atomic mass is 10.0. The summed E-state index contributed by atoms with van der Waals surface area (Å²) in [5.41, 5.74) is 1.10. The van der Waals surface area contributed by atoms with Crippen molar-refractivity contribution in [1.29, 1.82) is 0 Å². The number of nitrogens with one attached hydrogen (secondary N) is 1. The molecule has 1 aliphatic rings. The highest BCUT2D eigenvalue weighted by molar-refractivity contribution is 5.76. The number of hydrogen-bond acceptors (Lipinski definition) is 4. The van der Waals surface area contributed by atoms with E-state index in [2.05, 4.69) is 5.32 Å². The van der Waals surface area contributed by atoms with Crippen molar-refractivity contribution in [2.75, 3.05) is 13.7 Å². The van der Waals surface area contributed by atoms with Crippen molar-refractivity contribution in [3.05, 3.63) is 29.8 Å². The Labute approximate surface area is 107 Å². The van der Waals surface area contributed by atoms with Crippen LogP contribution >= 0.6 is 0 Å². The molecule has 2 atom stereocenters. The Morgan fingerprint density at radius 3 is 2.89 bits per heavy atom. The molecule has 2 rings (SSSR count). The SMILES string of the molecule is CCOC(=O)[C@@H]1CC[C@H](c2ccccc2OC)N1. The minimum absolute atomic E-state index is 0.158. The molecule has 1 saturated heterocycles. The first kappa shape index (κ1) is 12.9. The molecule has 0 unspecified atom stereocenters. The molecule has 4 nitrogen and oxygen atoms in total. The number of esters is 1. The Morgan fingerprint density at radius 2 is 2.17 bits per heavy atom. The van der Waals surface area contributed by atoms with Crippen molar-refractivity contribution in [3.8, 4) is 5.75 Å². The summed E-state index contributed by atoms with van der Waals surface area (Å²) in [4.78, 5) is 11.7. The molecule has 98 valence electrons. The van der Waals surface area contributed by atoms with E-state index in [4.69, 9.17) is 9.47 Å². The van der Waals surface area contributed by atoms with E-state index >= 15 is 0 Å². The normalized spacial score (nSPS) is 22.8. The van der Waals surface area contributed by atoms with Crippen molar-refractivity contribution in [3.63, 3.8) is 0 Å². The lowest BCUT2D eigenvalue weighted by molar-refractivity contribution is -0.145. The van der Waals surface area contributed by atoms with Crippen LogP contribution in [-0.2, 0) is 9.53 Å². The Kier molecular flexibility index (Phi) is 4.20. The molecule has 0 aliphatic carbocycles. The Balaban J connectivity index is 2.06. The van der Waals surface area contributed by atoms with Gasteiger partial charge in [0.05, 0.1) is 13.7 Å². The average molecular weight is 249 g/mol. The van der Waals surface area contributed by atoms with Crippen LogP contribution in [0.2, 0.25) is 0 Å². The molecule has 0 aromatic heterocycles. The molecule has 1 aliphatic heterocycles. The molecule has 1 aromatic carbocycles. The fourth-order valence-electron chi connectivity index (χ4n) is 2.37. The van der Waals surface area contributed by atoms with E-state index in [9.17, 15) is 4.79 Å². The van der Waals surface area contributed by atoms with Crippen molar-refractivity contribution in [1.82, 2.24) is 5.32 Å². The van der Waals surface area contributed by atoms with E-state index in [1.807, 2.05) is 31.2 Å². The summed E-state index contributed by atoms with van der Waals surface area (Å²) in [5.74, 6) is 0.703. The van der Waals surface area contributed by atoms with Crippen LogP contribution in [0.4, 0.5) is 0 Å². The van der Waals surface area contributed by atoms with E-state index in [1.54, 1.807) is 7.11 Å². The average Bonchev–Trinajstić information content (AvgIpc) is 2.88. The third-order valence-electron chi connectivity index (χ3n) is 3.23. The number of carbonyl (C=O) groups is 1. The van der Waals surface area contributed by atoms with Gasteiger partial charge in [-0.25, -0.2) is 0 Å². The molecule has 0 amide bonds. The van der Waals surface area contributed by atoms with Crippen LogP contribution in [0.25, 0.3) is 0 Å². The van der Waals surface area contributed by atoms with Crippen molar-refractivity contribution >= 4 is 5.97 Å². The molecule has 0 saturated carbocycles. The molecular weight excluding hydrogens is 230 g/mol. The Bertz CT molecular complexity index is 419. The van der Waals surface area contributed by atoms with Crippen LogP contribution in [0.3, 0.4) is 0 Å². The maximum atomic E-state index is 11.7. The van der Waals surface area contributed by atoms with Crippen LogP contribution < -0.4 is 10.1 Å². The highest BCUT2D eigenvalue weighted by atomic mass is 16.5. The van der Waals surface area contributed by atoms with E-state index in [0.29, 0.717) is 6.61 Å². The van der Waals surface area contributed by atoms with Gasteiger partial charge in [-0.2, -0.15) is 0 Å². The largest absolute Gasteiger partial charge is 0.496 e. The predicted molar refractivity (Wildman–Crippen MR) is 68.5 cm³/mol. The molecule has 0 spiro atoms. The Hall–Kier alpha value is -1.55. The van der Waals surface area contributed by atoms with Gasteiger partial charge in [0.1, 0.15) is 11.8 Å². The van der Waals surface area contributed by atoms with Gasteiger partial charge in [-0.1, -0.05) is 18.2 Å². The zero-order valence-electron chi connectivity index (χ0n) is 10.8. The van der Waals surface area contributed by atoms with Gasteiger partial charge in [-0.3, -0.25) is 10.1 Å². The first-order valence-corrected chi connectivity index (χ1v) is 6.31. The molecule has 1 N–H and O–H groups in total. The van der Waals surface area contributed by atoms with Gasteiger partial charge in [-0.15, -0.1) is 0 Å². The second-order valence-electron chi connectivity index (χ2n) is 4.34. The number of carbonyl (C=O) groups excluding carboxylic acids is 1. The summed E-state index contributed by atoms with van der Waals surface area (Å²) in [6, 6.07) is 7.87. The van der Waals surface area contributed by atoms with Crippen LogP contribution in [0.15, 0.2) is 24.3 Å². The molecule has 4 heteroatoms. The van der Waals surface area contributed by atoms with E-state index in [0.717, 1.165) is 24.2 Å². The summed E-state index contributed by atoms with van der Waals surface area (Å²) >= 11 is 0. The number of ether oxygens (including phenoxy) is 2. The summed E-state index contributed by atoms with van der Waals surface area (Å²) < 4.78 is 10.4. The second kappa shape index (κ2) is 5.87. The lowest BCUT2D eigenvalue weighted by Gasteiger charge is -2.16. The topological polar surface area (TPSA) is 47.6 Å². The third kappa shape index (κ3) is 2.64. The van der Waals surface area contributed by atoms with Crippen molar-refractivity contribution in [2.24, 2.45) is 0 Å². The molecule has 0 bridgehead atoms. The fourth-order valence-corrected chi connectivity index (χ4v) is 2.37. The smallest absolute Gasteiger partial charge is 0.323 e. The summed E-state index contributed by atoms with van der Waals surface area (Å²) in [7, 11) is 1.66. The maximum absolute atomic E-state index is 11.7.